The van der Waals surface area contributed by atoms with Gasteiger partial charge in [0, 0.05) is 17.1 Å². The second kappa shape index (κ2) is 6.24. The van der Waals surface area contributed by atoms with Crippen LogP contribution < -0.4 is 10.9 Å². The number of hydrogen-bond acceptors (Lipinski definition) is 3. The van der Waals surface area contributed by atoms with Crippen LogP contribution in [0.5, 0.6) is 0 Å². The first-order chi connectivity index (χ1) is 14.5. The number of benzene rings is 1. The van der Waals surface area contributed by atoms with Crippen molar-refractivity contribution in [2.24, 2.45) is 5.92 Å². The fourth-order valence-corrected chi connectivity index (χ4v) is 4.94. The number of nitrogens with one attached hydrogen (secondary N) is 1. The van der Waals surface area contributed by atoms with Gasteiger partial charge in [0.15, 0.2) is 0 Å². The number of amides is 1. The maximum absolute atomic E-state index is 13.3. The monoisotopic (exact) mass is 403 g/mol. The zero-order valence-electron chi connectivity index (χ0n) is 16.5. The van der Waals surface area contributed by atoms with Crippen molar-refractivity contribution >= 4 is 16.9 Å². The molecule has 1 amide bonds. The third kappa shape index (κ3) is 2.85. The lowest BCUT2D eigenvalue weighted by Crippen LogP contribution is -2.68. The summed E-state index contributed by atoms with van der Waals surface area (Å²) in [5.41, 5.74) is 2.19. The molecule has 5 nitrogen and oxygen atoms in total. The van der Waals surface area contributed by atoms with Crippen molar-refractivity contribution < 1.29 is 9.18 Å². The van der Waals surface area contributed by atoms with Crippen LogP contribution in [-0.2, 0) is 6.54 Å². The van der Waals surface area contributed by atoms with Gasteiger partial charge in [0.25, 0.3) is 11.5 Å². The van der Waals surface area contributed by atoms with Crippen molar-refractivity contribution in [3.63, 3.8) is 0 Å². The van der Waals surface area contributed by atoms with Crippen LogP contribution >= 0.6 is 0 Å². The summed E-state index contributed by atoms with van der Waals surface area (Å²) in [6.45, 7) is 0.236. The predicted molar refractivity (Wildman–Crippen MR) is 111 cm³/mol. The van der Waals surface area contributed by atoms with E-state index >= 15 is 0 Å². The Labute approximate surface area is 172 Å². The summed E-state index contributed by atoms with van der Waals surface area (Å²) in [6.07, 6.45) is 7.19. The number of nitrogens with zero attached hydrogens (tertiary/aromatic N) is 2. The van der Waals surface area contributed by atoms with Crippen LogP contribution in [0.25, 0.3) is 11.0 Å². The van der Waals surface area contributed by atoms with E-state index < -0.39 is 0 Å². The molecule has 4 saturated carbocycles. The van der Waals surface area contributed by atoms with Gasteiger partial charge in [-0.2, -0.15) is 0 Å². The summed E-state index contributed by atoms with van der Waals surface area (Å²) in [5.74, 6) is 0.638. The van der Waals surface area contributed by atoms with E-state index in [9.17, 15) is 14.0 Å². The van der Waals surface area contributed by atoms with Crippen molar-refractivity contribution in [3.05, 3.63) is 75.5 Å². The molecule has 0 atom stereocenters. The molecule has 2 heterocycles. The summed E-state index contributed by atoms with van der Waals surface area (Å²) >= 11 is 0. The molecule has 0 saturated heterocycles. The number of aromatic nitrogens is 2. The molecule has 4 fully saturated rings. The fourth-order valence-electron chi connectivity index (χ4n) is 4.94. The summed E-state index contributed by atoms with van der Waals surface area (Å²) < 4.78 is 14.9. The lowest BCUT2D eigenvalue weighted by atomic mass is 9.50. The predicted octanol–water partition coefficient (Wildman–Crippen LogP) is 3.74. The highest BCUT2D eigenvalue weighted by atomic mass is 19.1. The number of carbonyl (C=O) groups is 1. The molecule has 0 spiro atoms. The summed E-state index contributed by atoms with van der Waals surface area (Å²) in [7, 11) is 0. The highest BCUT2D eigenvalue weighted by Gasteiger charge is 2.57. The van der Waals surface area contributed by atoms with E-state index in [1.165, 1.54) is 16.7 Å². The van der Waals surface area contributed by atoms with Crippen LogP contribution in [0.2, 0.25) is 0 Å². The van der Waals surface area contributed by atoms with Gasteiger partial charge in [0.1, 0.15) is 17.0 Å². The zero-order chi connectivity index (χ0) is 20.5. The number of rotatable bonds is 5. The maximum Gasteiger partial charge on any atom is 0.265 e. The Bertz CT molecular complexity index is 1230. The highest BCUT2D eigenvalue weighted by molar-refractivity contribution is 5.97. The first-order valence-corrected chi connectivity index (χ1v) is 10.6. The number of fused-ring (bicyclic) bond motifs is 1. The Morgan fingerprint density at radius 3 is 2.53 bits per heavy atom. The van der Waals surface area contributed by atoms with Crippen molar-refractivity contribution in [2.75, 3.05) is 0 Å². The first-order valence-electron chi connectivity index (χ1n) is 10.6. The Hall–Kier alpha value is -3.02. The largest absolute Gasteiger partial charge is 0.346 e. The van der Waals surface area contributed by atoms with E-state index in [-0.39, 0.29) is 34.9 Å². The number of pyridine rings is 2. The molecule has 7 rings (SSSR count). The Kier molecular flexibility index (Phi) is 3.70. The van der Waals surface area contributed by atoms with Crippen molar-refractivity contribution in [1.82, 2.24) is 14.9 Å². The molecule has 6 heteroatoms. The number of hydrogen-bond donors (Lipinski definition) is 1. The standard InChI is InChI=1S/C24H22FN3O2/c25-19-5-1-14(2-6-19)13-28-21-17(7-18(12-26-21)16-3-4-16)8-20(23(28)30)22(29)27-24-9-15(10-24)11-24/h1-2,5-8,12,15-16H,3-4,9-11,13H2,(H,27,29). The van der Waals surface area contributed by atoms with Crippen molar-refractivity contribution in [3.8, 4) is 0 Å². The van der Waals surface area contributed by atoms with Crippen LogP contribution in [-0.4, -0.2) is 21.0 Å². The lowest BCUT2D eigenvalue weighted by molar-refractivity contribution is -0.0438. The third-order valence-electron chi connectivity index (χ3n) is 6.91. The second-order valence-electron chi connectivity index (χ2n) is 9.24. The van der Waals surface area contributed by atoms with E-state index in [4.69, 9.17) is 0 Å². The van der Waals surface area contributed by atoms with Crippen molar-refractivity contribution in [1.29, 1.82) is 0 Å². The second-order valence-corrected chi connectivity index (χ2v) is 9.24. The minimum absolute atomic E-state index is 0.0982. The van der Waals surface area contributed by atoms with Crippen LogP contribution in [0.15, 0.2) is 47.4 Å². The molecule has 2 aromatic heterocycles. The smallest absolute Gasteiger partial charge is 0.265 e. The van der Waals surface area contributed by atoms with Gasteiger partial charge in [0.2, 0.25) is 0 Å². The molecule has 0 radical (unpaired) electrons. The van der Waals surface area contributed by atoms with Crippen LogP contribution in [0.3, 0.4) is 0 Å². The molecule has 2 bridgehead atoms. The van der Waals surface area contributed by atoms with Gasteiger partial charge in [-0.3, -0.25) is 14.2 Å². The van der Waals surface area contributed by atoms with Gasteiger partial charge in [-0.05, 0) is 79.3 Å². The van der Waals surface area contributed by atoms with E-state index in [0.717, 1.165) is 54.5 Å². The molecule has 1 aromatic carbocycles. The topological polar surface area (TPSA) is 64.0 Å². The molecule has 3 aromatic rings. The fraction of sp³-hybridized carbons (Fsp3) is 0.375. The molecule has 0 unspecified atom stereocenters. The Morgan fingerprint density at radius 1 is 1.17 bits per heavy atom. The maximum atomic E-state index is 13.3. The Morgan fingerprint density at radius 2 is 1.90 bits per heavy atom. The van der Waals surface area contributed by atoms with Crippen LogP contribution in [0.4, 0.5) is 4.39 Å². The minimum Gasteiger partial charge on any atom is -0.346 e. The van der Waals surface area contributed by atoms with E-state index in [0.29, 0.717) is 11.6 Å². The van der Waals surface area contributed by atoms with E-state index in [1.54, 1.807) is 18.2 Å². The lowest BCUT2D eigenvalue weighted by Gasteiger charge is -2.61. The van der Waals surface area contributed by atoms with Gasteiger partial charge in [-0.1, -0.05) is 12.1 Å². The molecule has 4 aliphatic carbocycles. The minimum atomic E-state index is -0.359. The molecule has 4 aliphatic rings. The number of carbonyl (C=O) groups excluding carboxylic acids is 1. The van der Waals surface area contributed by atoms with Gasteiger partial charge >= 0.3 is 0 Å². The van der Waals surface area contributed by atoms with Crippen LogP contribution in [0, 0.1) is 11.7 Å². The van der Waals surface area contributed by atoms with E-state index in [2.05, 4.69) is 16.4 Å². The van der Waals surface area contributed by atoms with Gasteiger partial charge in [-0.15, -0.1) is 0 Å². The van der Waals surface area contributed by atoms with Gasteiger partial charge in [-0.25, -0.2) is 9.37 Å². The molecular formula is C24H22FN3O2. The Balaban J connectivity index is 1.45. The average Bonchev–Trinajstić information content (AvgIpc) is 3.52. The van der Waals surface area contributed by atoms with Crippen molar-refractivity contribution in [2.45, 2.75) is 50.1 Å². The zero-order valence-corrected chi connectivity index (χ0v) is 16.5. The molecule has 0 aliphatic heterocycles. The quantitative estimate of drug-likeness (QED) is 0.706. The van der Waals surface area contributed by atoms with E-state index in [1.807, 2.05) is 6.20 Å². The first kappa shape index (κ1) is 17.8. The van der Waals surface area contributed by atoms with Gasteiger partial charge < -0.3 is 5.32 Å². The average molecular weight is 403 g/mol. The molecule has 1 N–H and O–H groups in total. The molecule has 30 heavy (non-hydrogen) atoms. The van der Waals surface area contributed by atoms with Gasteiger partial charge in [0.05, 0.1) is 6.54 Å². The molecule has 152 valence electrons. The SMILES string of the molecule is O=C(NC12CC(C1)C2)c1cc2cc(C3CC3)cnc2n(Cc2ccc(F)cc2)c1=O. The summed E-state index contributed by atoms with van der Waals surface area (Å²) in [6, 6.07) is 9.80. The van der Waals surface area contributed by atoms with Crippen LogP contribution in [0.1, 0.15) is 59.5 Å². The summed E-state index contributed by atoms with van der Waals surface area (Å²) in [4.78, 5) is 30.9. The highest BCUT2D eigenvalue weighted by Crippen LogP contribution is 2.57. The molecular weight excluding hydrogens is 381 g/mol. The number of halogens is 1. The summed E-state index contributed by atoms with van der Waals surface area (Å²) in [5, 5.41) is 3.90. The third-order valence-corrected chi connectivity index (χ3v) is 6.91. The normalized spacial score (nSPS) is 24.2.